The third kappa shape index (κ3) is 4.42. The van der Waals surface area contributed by atoms with E-state index in [9.17, 15) is 14.4 Å². The molecule has 0 aromatic heterocycles. The van der Waals surface area contributed by atoms with E-state index in [0.29, 0.717) is 17.8 Å². The van der Waals surface area contributed by atoms with Crippen molar-refractivity contribution in [2.45, 2.75) is 39.5 Å². The van der Waals surface area contributed by atoms with E-state index in [-0.39, 0.29) is 30.4 Å². The molecule has 5 nitrogen and oxygen atoms in total. The number of nitrogens with zero attached hydrogens (tertiary/aromatic N) is 1. The average Bonchev–Trinajstić information content (AvgIpc) is 3.09. The third-order valence-electron chi connectivity index (χ3n) is 4.90. The Bertz CT molecular complexity index is 872. The van der Waals surface area contributed by atoms with Crippen LogP contribution >= 0.6 is 0 Å². The molecule has 0 bridgehead atoms. The quantitative estimate of drug-likeness (QED) is 0.794. The van der Waals surface area contributed by atoms with Gasteiger partial charge in [0.2, 0.25) is 11.8 Å². The summed E-state index contributed by atoms with van der Waals surface area (Å²) in [6.07, 6.45) is 2.04. The van der Waals surface area contributed by atoms with Gasteiger partial charge in [0, 0.05) is 43.2 Å². The van der Waals surface area contributed by atoms with Crippen LogP contribution in [0, 0.1) is 0 Å². The van der Waals surface area contributed by atoms with Crippen LogP contribution in [0.5, 0.6) is 0 Å². The zero-order valence-electron chi connectivity index (χ0n) is 15.7. The summed E-state index contributed by atoms with van der Waals surface area (Å²) in [7, 11) is 0. The van der Waals surface area contributed by atoms with Crippen LogP contribution in [0.2, 0.25) is 0 Å². The van der Waals surface area contributed by atoms with E-state index in [0.717, 1.165) is 24.1 Å². The number of hydrogen-bond donors (Lipinski definition) is 1. The van der Waals surface area contributed by atoms with Crippen LogP contribution in [0.15, 0.2) is 42.5 Å². The predicted octanol–water partition coefficient (Wildman–Crippen LogP) is 3.76. The summed E-state index contributed by atoms with van der Waals surface area (Å²) < 4.78 is 0. The molecule has 5 heteroatoms. The van der Waals surface area contributed by atoms with Crippen molar-refractivity contribution in [3.8, 4) is 0 Å². The molecule has 27 heavy (non-hydrogen) atoms. The van der Waals surface area contributed by atoms with Crippen LogP contribution in [0.3, 0.4) is 0 Å². The van der Waals surface area contributed by atoms with Gasteiger partial charge in [0.05, 0.1) is 0 Å². The standard InChI is InChI=1S/C22H24N2O3/c1-3-16-4-6-17(7-5-16)21(26)10-11-22(27)23-19-8-9-20-18(14-19)12-13-24(20)15(2)25/h4-9,14H,3,10-13H2,1-2H3,(H,23,27). The normalized spacial score (nSPS) is 12.6. The number of amides is 2. The van der Waals surface area contributed by atoms with Crippen LogP contribution in [-0.4, -0.2) is 24.1 Å². The molecule has 0 fully saturated rings. The second-order valence-electron chi connectivity index (χ2n) is 6.79. The lowest BCUT2D eigenvalue weighted by Crippen LogP contribution is -2.25. The Morgan fingerprint density at radius 2 is 1.78 bits per heavy atom. The second kappa shape index (κ2) is 8.16. The molecule has 0 spiro atoms. The number of benzene rings is 2. The average molecular weight is 364 g/mol. The fourth-order valence-electron chi connectivity index (χ4n) is 3.33. The molecule has 0 saturated heterocycles. The van der Waals surface area contributed by atoms with Gasteiger partial charge < -0.3 is 10.2 Å². The van der Waals surface area contributed by atoms with Crippen molar-refractivity contribution < 1.29 is 14.4 Å². The molecular weight excluding hydrogens is 340 g/mol. The first-order chi connectivity index (χ1) is 13.0. The van der Waals surface area contributed by atoms with Crippen molar-refractivity contribution in [3.05, 3.63) is 59.2 Å². The molecule has 1 aliphatic rings. The van der Waals surface area contributed by atoms with E-state index in [1.54, 1.807) is 17.9 Å². The number of aryl methyl sites for hydroxylation is 1. The Kier molecular flexibility index (Phi) is 5.69. The van der Waals surface area contributed by atoms with Gasteiger partial charge in [-0.15, -0.1) is 0 Å². The van der Waals surface area contributed by atoms with Crippen molar-refractivity contribution in [2.75, 3.05) is 16.8 Å². The first-order valence-corrected chi connectivity index (χ1v) is 9.31. The largest absolute Gasteiger partial charge is 0.326 e. The number of Topliss-reactive ketones (excluding diaryl/α,β-unsaturated/α-hetero) is 1. The molecule has 0 aliphatic carbocycles. The van der Waals surface area contributed by atoms with Crippen LogP contribution in [0.4, 0.5) is 11.4 Å². The second-order valence-corrected chi connectivity index (χ2v) is 6.79. The number of fused-ring (bicyclic) bond motifs is 1. The van der Waals surface area contributed by atoms with Crippen molar-refractivity contribution in [3.63, 3.8) is 0 Å². The van der Waals surface area contributed by atoms with E-state index >= 15 is 0 Å². The van der Waals surface area contributed by atoms with Crippen LogP contribution < -0.4 is 10.2 Å². The lowest BCUT2D eigenvalue weighted by atomic mass is 10.0. The molecule has 1 N–H and O–H groups in total. The highest BCUT2D eigenvalue weighted by atomic mass is 16.2. The van der Waals surface area contributed by atoms with Crippen LogP contribution in [-0.2, 0) is 22.4 Å². The first-order valence-electron chi connectivity index (χ1n) is 9.31. The minimum atomic E-state index is -0.185. The number of ketones is 1. The van der Waals surface area contributed by atoms with E-state index in [1.165, 1.54) is 5.56 Å². The number of rotatable bonds is 6. The fraction of sp³-hybridized carbons (Fsp3) is 0.318. The molecule has 2 amide bonds. The summed E-state index contributed by atoms with van der Waals surface area (Å²) in [5.41, 5.74) is 4.48. The Morgan fingerprint density at radius 3 is 2.44 bits per heavy atom. The van der Waals surface area contributed by atoms with Gasteiger partial charge in [0.15, 0.2) is 5.78 Å². The van der Waals surface area contributed by atoms with Crippen LogP contribution in [0.25, 0.3) is 0 Å². The zero-order valence-corrected chi connectivity index (χ0v) is 15.7. The predicted molar refractivity (Wildman–Crippen MR) is 106 cm³/mol. The smallest absolute Gasteiger partial charge is 0.224 e. The molecule has 0 atom stereocenters. The summed E-state index contributed by atoms with van der Waals surface area (Å²) in [4.78, 5) is 37.8. The Morgan fingerprint density at radius 1 is 1.04 bits per heavy atom. The van der Waals surface area contributed by atoms with E-state index in [1.807, 2.05) is 36.4 Å². The first kappa shape index (κ1) is 18.8. The van der Waals surface area contributed by atoms with Gasteiger partial charge in [0.1, 0.15) is 0 Å². The van der Waals surface area contributed by atoms with Gasteiger partial charge in [-0.2, -0.15) is 0 Å². The number of anilines is 2. The molecule has 3 rings (SSSR count). The summed E-state index contributed by atoms with van der Waals surface area (Å²) in [5.74, 6) is -0.190. The molecule has 1 heterocycles. The monoisotopic (exact) mass is 364 g/mol. The van der Waals surface area contributed by atoms with E-state index < -0.39 is 0 Å². The maximum absolute atomic E-state index is 12.2. The number of carbonyl (C=O) groups is 3. The van der Waals surface area contributed by atoms with Gasteiger partial charge in [-0.1, -0.05) is 31.2 Å². The molecule has 2 aromatic carbocycles. The van der Waals surface area contributed by atoms with Crippen LogP contribution in [0.1, 0.15) is 48.2 Å². The van der Waals surface area contributed by atoms with Crippen molar-refractivity contribution in [1.82, 2.24) is 0 Å². The molecule has 0 unspecified atom stereocenters. The van der Waals surface area contributed by atoms with Gasteiger partial charge in [-0.05, 0) is 42.2 Å². The topological polar surface area (TPSA) is 66.5 Å². The Hall–Kier alpha value is -2.95. The summed E-state index contributed by atoms with van der Waals surface area (Å²) >= 11 is 0. The van der Waals surface area contributed by atoms with Gasteiger partial charge in [-0.3, -0.25) is 14.4 Å². The van der Waals surface area contributed by atoms with E-state index in [2.05, 4.69) is 12.2 Å². The molecule has 2 aromatic rings. The van der Waals surface area contributed by atoms with Crippen molar-refractivity contribution >= 4 is 29.0 Å². The molecular formula is C22H24N2O3. The molecule has 0 saturated carbocycles. The van der Waals surface area contributed by atoms with Crippen molar-refractivity contribution in [2.24, 2.45) is 0 Å². The minimum absolute atomic E-state index is 0.0241. The third-order valence-corrected chi connectivity index (χ3v) is 4.90. The van der Waals surface area contributed by atoms with Gasteiger partial charge in [0.25, 0.3) is 0 Å². The number of nitrogens with one attached hydrogen (secondary N) is 1. The molecule has 0 radical (unpaired) electrons. The highest BCUT2D eigenvalue weighted by Crippen LogP contribution is 2.30. The number of hydrogen-bond acceptors (Lipinski definition) is 3. The maximum Gasteiger partial charge on any atom is 0.224 e. The molecule has 1 aliphatic heterocycles. The summed E-state index contributed by atoms with van der Waals surface area (Å²) in [6, 6.07) is 13.1. The Balaban J connectivity index is 1.55. The highest BCUT2D eigenvalue weighted by molar-refractivity contribution is 6.00. The Labute approximate surface area is 159 Å². The summed E-state index contributed by atoms with van der Waals surface area (Å²) in [5, 5.41) is 2.85. The van der Waals surface area contributed by atoms with Gasteiger partial charge >= 0.3 is 0 Å². The maximum atomic E-state index is 12.2. The molecule has 140 valence electrons. The SMILES string of the molecule is CCc1ccc(C(=O)CCC(=O)Nc2ccc3c(c2)CCN3C(C)=O)cc1. The zero-order chi connectivity index (χ0) is 19.4. The summed E-state index contributed by atoms with van der Waals surface area (Å²) in [6.45, 7) is 4.29. The lowest BCUT2D eigenvalue weighted by Gasteiger charge is -2.15. The minimum Gasteiger partial charge on any atom is -0.326 e. The van der Waals surface area contributed by atoms with Gasteiger partial charge in [-0.25, -0.2) is 0 Å². The highest BCUT2D eigenvalue weighted by Gasteiger charge is 2.22. The lowest BCUT2D eigenvalue weighted by molar-refractivity contribution is -0.117. The number of carbonyl (C=O) groups excluding carboxylic acids is 3. The fourth-order valence-corrected chi connectivity index (χ4v) is 3.33. The van der Waals surface area contributed by atoms with E-state index in [4.69, 9.17) is 0 Å². The van der Waals surface area contributed by atoms with Crippen molar-refractivity contribution in [1.29, 1.82) is 0 Å².